The minimum absolute atomic E-state index is 0.193. The van der Waals surface area contributed by atoms with Gasteiger partial charge in [-0.25, -0.2) is 4.39 Å². The molecule has 0 heterocycles. The molecule has 0 aromatic heterocycles. The fourth-order valence-corrected chi connectivity index (χ4v) is 2.67. The van der Waals surface area contributed by atoms with Gasteiger partial charge in [-0.1, -0.05) is 54.4 Å². The number of likely N-dealkylation sites (N-methyl/N-ethyl adjacent to an activating group) is 1. The van der Waals surface area contributed by atoms with Gasteiger partial charge in [-0.3, -0.25) is 0 Å². The van der Waals surface area contributed by atoms with Gasteiger partial charge in [-0.2, -0.15) is 0 Å². The summed E-state index contributed by atoms with van der Waals surface area (Å²) >= 11 is 5.86. The molecule has 0 bridgehead atoms. The van der Waals surface area contributed by atoms with Crippen molar-refractivity contribution in [2.24, 2.45) is 0 Å². The molecule has 1 unspecified atom stereocenters. The van der Waals surface area contributed by atoms with E-state index >= 15 is 0 Å². The van der Waals surface area contributed by atoms with E-state index in [1.807, 2.05) is 0 Å². The molecule has 0 aliphatic heterocycles. The molecule has 0 saturated carbocycles. The van der Waals surface area contributed by atoms with Crippen molar-refractivity contribution in [2.45, 2.75) is 32.7 Å². The van der Waals surface area contributed by atoms with E-state index in [9.17, 15) is 4.39 Å². The monoisotopic (exact) mass is 305 g/mol. The van der Waals surface area contributed by atoms with Crippen LogP contribution in [0.3, 0.4) is 0 Å². The zero-order valence-electron chi connectivity index (χ0n) is 12.5. The first-order valence-corrected chi connectivity index (χ1v) is 7.69. The molecule has 0 aliphatic rings. The van der Waals surface area contributed by atoms with Crippen molar-refractivity contribution in [3.8, 4) is 0 Å². The Hall–Kier alpha value is -1.38. The van der Waals surface area contributed by atoms with Crippen LogP contribution in [-0.4, -0.2) is 12.6 Å². The van der Waals surface area contributed by atoms with Gasteiger partial charge in [-0.15, -0.1) is 0 Å². The molecule has 1 atom stereocenters. The van der Waals surface area contributed by atoms with Crippen LogP contribution in [0.1, 0.15) is 23.6 Å². The van der Waals surface area contributed by atoms with Crippen molar-refractivity contribution in [2.75, 3.05) is 6.54 Å². The van der Waals surface area contributed by atoms with E-state index in [0.717, 1.165) is 24.9 Å². The lowest BCUT2D eigenvalue weighted by Gasteiger charge is -2.18. The average molecular weight is 306 g/mol. The van der Waals surface area contributed by atoms with Gasteiger partial charge in [0.1, 0.15) is 5.82 Å². The number of hydrogen-bond donors (Lipinski definition) is 1. The van der Waals surface area contributed by atoms with Crippen LogP contribution in [0.2, 0.25) is 5.02 Å². The van der Waals surface area contributed by atoms with E-state index in [4.69, 9.17) is 11.6 Å². The van der Waals surface area contributed by atoms with Crippen LogP contribution in [0.15, 0.2) is 42.5 Å². The molecular weight excluding hydrogens is 285 g/mol. The molecule has 0 saturated heterocycles. The first kappa shape index (κ1) is 16.0. The Labute approximate surface area is 131 Å². The van der Waals surface area contributed by atoms with Crippen molar-refractivity contribution < 1.29 is 4.39 Å². The number of nitrogens with one attached hydrogen (secondary N) is 1. The van der Waals surface area contributed by atoms with Gasteiger partial charge in [0.05, 0.1) is 5.02 Å². The quantitative estimate of drug-likeness (QED) is 0.825. The summed E-state index contributed by atoms with van der Waals surface area (Å²) < 4.78 is 13.2. The molecule has 2 rings (SSSR count). The van der Waals surface area contributed by atoms with Gasteiger partial charge in [-0.05, 0) is 49.6 Å². The highest BCUT2D eigenvalue weighted by Crippen LogP contribution is 2.18. The number of rotatable bonds is 6. The Morgan fingerprint density at radius 1 is 1.05 bits per heavy atom. The Morgan fingerprint density at radius 2 is 1.67 bits per heavy atom. The second-order valence-corrected chi connectivity index (χ2v) is 5.80. The maximum atomic E-state index is 13.2. The van der Waals surface area contributed by atoms with E-state index in [0.29, 0.717) is 6.04 Å². The standard InChI is InChI=1S/C18H21ClFN/c1-3-21-16(10-14-6-4-13(2)5-7-14)11-15-8-9-18(20)17(19)12-15/h4-9,12,16,21H,3,10-11H2,1-2H3. The molecule has 0 aliphatic carbocycles. The maximum absolute atomic E-state index is 13.2. The van der Waals surface area contributed by atoms with Crippen molar-refractivity contribution in [3.63, 3.8) is 0 Å². The Bertz CT molecular complexity index is 580. The van der Waals surface area contributed by atoms with Crippen LogP contribution in [0.5, 0.6) is 0 Å². The largest absolute Gasteiger partial charge is 0.314 e. The molecule has 0 fully saturated rings. The van der Waals surface area contributed by atoms with E-state index in [-0.39, 0.29) is 10.8 Å². The van der Waals surface area contributed by atoms with Gasteiger partial charge >= 0.3 is 0 Å². The molecule has 2 aromatic rings. The van der Waals surface area contributed by atoms with E-state index in [1.54, 1.807) is 12.1 Å². The number of halogens is 2. The Kier molecular flexibility index (Phi) is 5.77. The summed E-state index contributed by atoms with van der Waals surface area (Å²) in [6, 6.07) is 13.9. The number of hydrogen-bond acceptors (Lipinski definition) is 1. The third-order valence-electron chi connectivity index (χ3n) is 3.56. The lowest BCUT2D eigenvalue weighted by Crippen LogP contribution is -2.33. The maximum Gasteiger partial charge on any atom is 0.141 e. The smallest absolute Gasteiger partial charge is 0.141 e. The minimum Gasteiger partial charge on any atom is -0.314 e. The average Bonchev–Trinajstić information content (AvgIpc) is 2.46. The SMILES string of the molecule is CCNC(Cc1ccc(C)cc1)Cc1ccc(F)c(Cl)c1. The highest BCUT2D eigenvalue weighted by molar-refractivity contribution is 6.30. The normalized spacial score (nSPS) is 12.4. The van der Waals surface area contributed by atoms with Gasteiger partial charge in [0.15, 0.2) is 0 Å². The van der Waals surface area contributed by atoms with E-state index < -0.39 is 0 Å². The van der Waals surface area contributed by atoms with Crippen molar-refractivity contribution in [1.29, 1.82) is 0 Å². The lowest BCUT2D eigenvalue weighted by molar-refractivity contribution is 0.521. The van der Waals surface area contributed by atoms with E-state index in [2.05, 4.69) is 43.4 Å². The van der Waals surface area contributed by atoms with Crippen LogP contribution >= 0.6 is 11.6 Å². The van der Waals surface area contributed by atoms with Gasteiger partial charge in [0.25, 0.3) is 0 Å². The first-order chi connectivity index (χ1) is 10.1. The van der Waals surface area contributed by atoms with Crippen LogP contribution < -0.4 is 5.32 Å². The van der Waals surface area contributed by atoms with Gasteiger partial charge < -0.3 is 5.32 Å². The highest BCUT2D eigenvalue weighted by atomic mass is 35.5. The van der Waals surface area contributed by atoms with Crippen LogP contribution in [-0.2, 0) is 12.8 Å². The topological polar surface area (TPSA) is 12.0 Å². The summed E-state index contributed by atoms with van der Waals surface area (Å²) in [6.45, 7) is 5.09. The van der Waals surface area contributed by atoms with Crippen LogP contribution in [0.4, 0.5) is 4.39 Å². The fraction of sp³-hybridized carbons (Fsp3) is 0.333. The zero-order chi connectivity index (χ0) is 15.2. The molecular formula is C18H21ClFN. The predicted molar refractivity (Wildman–Crippen MR) is 87.5 cm³/mol. The fourth-order valence-electron chi connectivity index (χ4n) is 2.46. The molecule has 112 valence electrons. The summed E-state index contributed by atoms with van der Waals surface area (Å²) in [6.07, 6.45) is 1.78. The molecule has 0 spiro atoms. The second kappa shape index (κ2) is 7.58. The third-order valence-corrected chi connectivity index (χ3v) is 3.85. The molecule has 21 heavy (non-hydrogen) atoms. The molecule has 0 amide bonds. The minimum atomic E-state index is -0.362. The van der Waals surface area contributed by atoms with E-state index in [1.165, 1.54) is 17.2 Å². The van der Waals surface area contributed by atoms with Crippen LogP contribution in [0, 0.1) is 12.7 Å². The first-order valence-electron chi connectivity index (χ1n) is 7.31. The van der Waals surface area contributed by atoms with Gasteiger partial charge in [0.2, 0.25) is 0 Å². The predicted octanol–water partition coefficient (Wildman–Crippen LogP) is 4.55. The Morgan fingerprint density at radius 3 is 2.29 bits per heavy atom. The van der Waals surface area contributed by atoms with Crippen molar-refractivity contribution >= 4 is 11.6 Å². The molecule has 1 nitrogen and oxygen atoms in total. The summed E-state index contributed by atoms with van der Waals surface area (Å²) in [7, 11) is 0. The molecule has 1 N–H and O–H groups in total. The zero-order valence-corrected chi connectivity index (χ0v) is 13.3. The number of benzene rings is 2. The summed E-state index contributed by atoms with van der Waals surface area (Å²) in [5, 5.41) is 3.68. The molecule has 0 radical (unpaired) electrons. The Balaban J connectivity index is 2.07. The van der Waals surface area contributed by atoms with Crippen molar-refractivity contribution in [3.05, 3.63) is 70.0 Å². The van der Waals surface area contributed by atoms with Crippen LogP contribution in [0.25, 0.3) is 0 Å². The van der Waals surface area contributed by atoms with Crippen molar-refractivity contribution in [1.82, 2.24) is 5.32 Å². The lowest BCUT2D eigenvalue weighted by atomic mass is 9.98. The molecule has 3 heteroatoms. The number of aryl methyl sites for hydroxylation is 1. The summed E-state index contributed by atoms with van der Waals surface area (Å²) in [5.74, 6) is -0.362. The second-order valence-electron chi connectivity index (χ2n) is 5.40. The third kappa shape index (κ3) is 4.83. The van der Waals surface area contributed by atoms with Gasteiger partial charge in [0, 0.05) is 6.04 Å². The molecule has 2 aromatic carbocycles. The highest BCUT2D eigenvalue weighted by Gasteiger charge is 2.11. The summed E-state index contributed by atoms with van der Waals surface area (Å²) in [4.78, 5) is 0. The summed E-state index contributed by atoms with van der Waals surface area (Å²) in [5.41, 5.74) is 3.63.